The molecule has 1 aromatic carbocycles. The molecule has 4 nitrogen and oxygen atoms in total. The maximum absolute atomic E-state index is 11.7. The Kier molecular flexibility index (Phi) is 4.80. The van der Waals surface area contributed by atoms with Crippen molar-refractivity contribution in [3.63, 3.8) is 0 Å². The van der Waals surface area contributed by atoms with Crippen molar-refractivity contribution in [1.82, 2.24) is 4.90 Å². The lowest BCUT2D eigenvalue weighted by Crippen LogP contribution is -2.38. The van der Waals surface area contributed by atoms with Crippen molar-refractivity contribution >= 4 is 5.97 Å². The summed E-state index contributed by atoms with van der Waals surface area (Å²) in [4.78, 5) is 14.1. The summed E-state index contributed by atoms with van der Waals surface area (Å²) in [5.74, 6) is 0.283. The fourth-order valence-corrected chi connectivity index (χ4v) is 2.37. The van der Waals surface area contributed by atoms with E-state index in [0.717, 1.165) is 32.5 Å². The van der Waals surface area contributed by atoms with Gasteiger partial charge in [-0.3, -0.25) is 0 Å². The number of carbonyl (C=O) groups is 1. The molecule has 19 heavy (non-hydrogen) atoms. The van der Waals surface area contributed by atoms with Gasteiger partial charge in [-0.05, 0) is 31.5 Å². The van der Waals surface area contributed by atoms with E-state index in [-0.39, 0.29) is 12.1 Å². The summed E-state index contributed by atoms with van der Waals surface area (Å²) in [5.41, 5.74) is 0.503. The molecule has 1 aliphatic rings. The van der Waals surface area contributed by atoms with Crippen molar-refractivity contribution < 1.29 is 14.3 Å². The first-order valence-electron chi connectivity index (χ1n) is 6.81. The summed E-state index contributed by atoms with van der Waals surface area (Å²) >= 11 is 0. The summed E-state index contributed by atoms with van der Waals surface area (Å²) < 4.78 is 10.7. The topological polar surface area (TPSA) is 38.8 Å². The summed E-state index contributed by atoms with van der Waals surface area (Å²) in [7, 11) is 1.39. The first kappa shape index (κ1) is 13.9. The number of hydrogen-bond acceptors (Lipinski definition) is 4. The molecule has 1 saturated heterocycles. The molecule has 0 atom stereocenters. The number of methoxy groups -OCH3 is 1. The largest absolute Gasteiger partial charge is 0.489 e. The van der Waals surface area contributed by atoms with E-state index in [1.165, 1.54) is 7.11 Å². The minimum atomic E-state index is -0.346. The molecular weight excluding hydrogens is 242 g/mol. The smallest absolute Gasteiger partial charge is 0.341 e. The number of ether oxygens (including phenoxy) is 2. The second-order valence-electron chi connectivity index (χ2n) is 4.74. The molecule has 1 aliphatic heterocycles. The van der Waals surface area contributed by atoms with Gasteiger partial charge >= 0.3 is 5.97 Å². The molecule has 1 aromatic rings. The Morgan fingerprint density at radius 2 is 2.00 bits per heavy atom. The van der Waals surface area contributed by atoms with Crippen LogP contribution in [0.1, 0.15) is 30.1 Å². The third-order valence-corrected chi connectivity index (χ3v) is 3.57. The Labute approximate surface area is 114 Å². The molecule has 0 N–H and O–H groups in total. The standard InChI is InChI=1S/C15H21NO3/c1-3-16-10-8-12(9-11-16)19-14-7-5-4-6-13(14)15(17)18-2/h4-7,12H,3,8-11H2,1-2H3. The van der Waals surface area contributed by atoms with Crippen LogP contribution in [0.4, 0.5) is 0 Å². The van der Waals surface area contributed by atoms with Crippen molar-refractivity contribution in [3.8, 4) is 5.75 Å². The zero-order chi connectivity index (χ0) is 13.7. The Hall–Kier alpha value is -1.55. The maximum Gasteiger partial charge on any atom is 0.341 e. The highest BCUT2D eigenvalue weighted by Gasteiger charge is 2.21. The van der Waals surface area contributed by atoms with E-state index in [0.29, 0.717) is 11.3 Å². The van der Waals surface area contributed by atoms with Crippen molar-refractivity contribution in [1.29, 1.82) is 0 Å². The molecule has 1 heterocycles. The molecular formula is C15H21NO3. The van der Waals surface area contributed by atoms with E-state index in [4.69, 9.17) is 9.47 Å². The molecule has 104 valence electrons. The highest BCUT2D eigenvalue weighted by Crippen LogP contribution is 2.23. The van der Waals surface area contributed by atoms with Gasteiger partial charge in [0.05, 0.1) is 7.11 Å². The molecule has 0 saturated carbocycles. The first-order chi connectivity index (χ1) is 9.24. The minimum absolute atomic E-state index is 0.189. The number of carbonyl (C=O) groups excluding carboxylic acids is 1. The van der Waals surface area contributed by atoms with Crippen LogP contribution in [0.3, 0.4) is 0 Å². The van der Waals surface area contributed by atoms with Crippen LogP contribution in [0.25, 0.3) is 0 Å². The minimum Gasteiger partial charge on any atom is -0.489 e. The number of nitrogens with zero attached hydrogens (tertiary/aromatic N) is 1. The highest BCUT2D eigenvalue weighted by atomic mass is 16.5. The molecule has 1 fully saturated rings. The summed E-state index contributed by atoms with van der Waals surface area (Å²) in [6.07, 6.45) is 2.20. The monoisotopic (exact) mass is 263 g/mol. The van der Waals surface area contributed by atoms with E-state index in [2.05, 4.69) is 11.8 Å². The zero-order valence-corrected chi connectivity index (χ0v) is 11.6. The molecule has 0 radical (unpaired) electrons. The summed E-state index contributed by atoms with van der Waals surface area (Å²) in [6.45, 7) is 5.38. The van der Waals surface area contributed by atoms with E-state index < -0.39 is 0 Å². The third kappa shape index (κ3) is 3.47. The Balaban J connectivity index is 2.01. The second-order valence-corrected chi connectivity index (χ2v) is 4.74. The van der Waals surface area contributed by atoms with Crippen LogP contribution in [0, 0.1) is 0 Å². The summed E-state index contributed by atoms with van der Waals surface area (Å²) in [5, 5.41) is 0. The molecule has 0 aromatic heterocycles. The van der Waals surface area contributed by atoms with Crippen molar-refractivity contribution in [2.24, 2.45) is 0 Å². The number of hydrogen-bond donors (Lipinski definition) is 0. The molecule has 0 spiro atoms. The van der Waals surface area contributed by atoms with E-state index >= 15 is 0 Å². The fourth-order valence-electron chi connectivity index (χ4n) is 2.37. The van der Waals surface area contributed by atoms with Crippen molar-refractivity contribution in [2.45, 2.75) is 25.9 Å². The summed E-state index contributed by atoms with van der Waals surface area (Å²) in [6, 6.07) is 7.27. The van der Waals surface area contributed by atoms with Crippen molar-refractivity contribution in [3.05, 3.63) is 29.8 Å². The van der Waals surface area contributed by atoms with Gasteiger partial charge in [-0.25, -0.2) is 4.79 Å². The lowest BCUT2D eigenvalue weighted by Gasteiger charge is -2.31. The first-order valence-corrected chi connectivity index (χ1v) is 6.81. The molecule has 0 aliphatic carbocycles. The fraction of sp³-hybridized carbons (Fsp3) is 0.533. The average molecular weight is 263 g/mol. The average Bonchev–Trinajstić information content (AvgIpc) is 2.48. The lowest BCUT2D eigenvalue weighted by atomic mass is 10.1. The van der Waals surface area contributed by atoms with Gasteiger partial charge in [-0.15, -0.1) is 0 Å². The highest BCUT2D eigenvalue weighted by molar-refractivity contribution is 5.92. The van der Waals surface area contributed by atoms with Crippen LogP contribution < -0.4 is 4.74 Å². The predicted molar refractivity (Wildman–Crippen MR) is 73.5 cm³/mol. The Morgan fingerprint density at radius 3 is 2.63 bits per heavy atom. The SMILES string of the molecule is CCN1CCC(Oc2ccccc2C(=O)OC)CC1. The number of piperidine rings is 1. The van der Waals surface area contributed by atoms with Crippen LogP contribution in [0.15, 0.2) is 24.3 Å². The molecule has 0 unspecified atom stereocenters. The lowest BCUT2D eigenvalue weighted by molar-refractivity contribution is 0.0585. The Bertz CT molecular complexity index is 425. The van der Waals surface area contributed by atoms with E-state index in [9.17, 15) is 4.79 Å². The predicted octanol–water partition coefficient (Wildman–Crippen LogP) is 2.34. The number of esters is 1. The van der Waals surface area contributed by atoms with Crippen LogP contribution in [0.5, 0.6) is 5.75 Å². The van der Waals surface area contributed by atoms with Gasteiger partial charge < -0.3 is 14.4 Å². The number of likely N-dealkylation sites (tertiary alicyclic amines) is 1. The molecule has 0 bridgehead atoms. The van der Waals surface area contributed by atoms with Gasteiger partial charge in [0.25, 0.3) is 0 Å². The van der Waals surface area contributed by atoms with Gasteiger partial charge in [0, 0.05) is 13.1 Å². The Morgan fingerprint density at radius 1 is 1.32 bits per heavy atom. The number of rotatable bonds is 4. The molecule has 0 amide bonds. The second kappa shape index (κ2) is 6.57. The number of para-hydroxylation sites is 1. The van der Waals surface area contributed by atoms with Crippen LogP contribution in [-0.2, 0) is 4.74 Å². The third-order valence-electron chi connectivity index (χ3n) is 3.57. The van der Waals surface area contributed by atoms with Crippen LogP contribution >= 0.6 is 0 Å². The van der Waals surface area contributed by atoms with Gasteiger partial charge in [-0.2, -0.15) is 0 Å². The van der Waals surface area contributed by atoms with E-state index in [1.54, 1.807) is 6.07 Å². The maximum atomic E-state index is 11.7. The van der Waals surface area contributed by atoms with Gasteiger partial charge in [0.2, 0.25) is 0 Å². The van der Waals surface area contributed by atoms with Gasteiger partial charge in [-0.1, -0.05) is 19.1 Å². The van der Waals surface area contributed by atoms with E-state index in [1.807, 2.05) is 18.2 Å². The normalized spacial score (nSPS) is 17.2. The zero-order valence-electron chi connectivity index (χ0n) is 11.6. The molecule has 2 rings (SSSR count). The van der Waals surface area contributed by atoms with Crippen LogP contribution in [0.2, 0.25) is 0 Å². The number of benzene rings is 1. The van der Waals surface area contributed by atoms with Crippen LogP contribution in [-0.4, -0.2) is 43.7 Å². The van der Waals surface area contributed by atoms with Crippen molar-refractivity contribution in [2.75, 3.05) is 26.7 Å². The van der Waals surface area contributed by atoms with Gasteiger partial charge in [0.1, 0.15) is 17.4 Å². The van der Waals surface area contributed by atoms with Gasteiger partial charge in [0.15, 0.2) is 0 Å². The quantitative estimate of drug-likeness (QED) is 0.782. The molecule has 4 heteroatoms.